The van der Waals surface area contributed by atoms with Crippen LogP contribution in [0.15, 0.2) is 48.5 Å². The van der Waals surface area contributed by atoms with Crippen LogP contribution < -0.4 is 25.2 Å². The maximum absolute atomic E-state index is 12.9. The fourth-order valence-corrected chi connectivity index (χ4v) is 3.81. The van der Waals surface area contributed by atoms with E-state index >= 15 is 0 Å². The Balaban J connectivity index is 1.45. The third-order valence-electron chi connectivity index (χ3n) is 5.50. The minimum Gasteiger partial charge on any atom is -0.497 e. The van der Waals surface area contributed by atoms with Gasteiger partial charge in [0.05, 0.1) is 24.6 Å². The van der Waals surface area contributed by atoms with Crippen molar-refractivity contribution in [2.75, 3.05) is 48.5 Å². The molecule has 32 heavy (non-hydrogen) atoms. The van der Waals surface area contributed by atoms with E-state index in [0.717, 1.165) is 12.8 Å². The van der Waals surface area contributed by atoms with Crippen molar-refractivity contribution in [3.8, 4) is 5.75 Å². The molecule has 0 bridgehead atoms. The Labute approximate surface area is 186 Å². The molecule has 9 nitrogen and oxygen atoms in total. The van der Waals surface area contributed by atoms with Crippen LogP contribution in [0.4, 0.5) is 21.9 Å². The second-order valence-corrected chi connectivity index (χ2v) is 7.65. The number of methoxy groups -OCH3 is 1. The van der Waals surface area contributed by atoms with E-state index in [9.17, 15) is 14.4 Å². The van der Waals surface area contributed by atoms with Crippen molar-refractivity contribution in [2.45, 2.75) is 18.9 Å². The van der Waals surface area contributed by atoms with Gasteiger partial charge in [-0.2, -0.15) is 0 Å². The molecule has 2 aromatic carbocycles. The number of hydrogen-bond acceptors (Lipinski definition) is 5. The summed E-state index contributed by atoms with van der Waals surface area (Å²) in [6.45, 7) is 0.861. The first-order chi connectivity index (χ1) is 15.5. The normalized spacial score (nSPS) is 17.7. The largest absolute Gasteiger partial charge is 0.497 e. The average Bonchev–Trinajstić information content (AvgIpc) is 3.33. The second-order valence-electron chi connectivity index (χ2n) is 7.65. The Kier molecular flexibility index (Phi) is 6.55. The number of amides is 4. The molecule has 1 atom stereocenters. The molecule has 2 N–H and O–H groups in total. The Morgan fingerprint density at radius 1 is 1.12 bits per heavy atom. The SMILES string of the molecule is COc1ccc(NC(=O)N2CC(=O)N(CC(=O)NCC3CCCO3)c3ccccc32)cc1. The summed E-state index contributed by atoms with van der Waals surface area (Å²) in [4.78, 5) is 41.1. The predicted octanol–water partition coefficient (Wildman–Crippen LogP) is 2.38. The molecule has 2 aliphatic rings. The Hall–Kier alpha value is -3.59. The first-order valence-electron chi connectivity index (χ1n) is 10.6. The summed E-state index contributed by atoms with van der Waals surface area (Å²) in [6, 6.07) is 13.5. The Morgan fingerprint density at radius 3 is 2.56 bits per heavy atom. The lowest BCUT2D eigenvalue weighted by molar-refractivity contribution is -0.123. The molecule has 2 heterocycles. The van der Waals surface area contributed by atoms with Crippen LogP contribution in [-0.4, -0.2) is 57.3 Å². The zero-order valence-corrected chi connectivity index (χ0v) is 17.9. The van der Waals surface area contributed by atoms with Crippen molar-refractivity contribution in [2.24, 2.45) is 0 Å². The number of urea groups is 1. The van der Waals surface area contributed by atoms with Crippen molar-refractivity contribution in [3.05, 3.63) is 48.5 Å². The quantitative estimate of drug-likeness (QED) is 0.721. The number of hydrogen-bond donors (Lipinski definition) is 2. The minimum atomic E-state index is -0.432. The molecule has 4 rings (SSSR count). The molecular formula is C23H26N4O5. The zero-order chi connectivity index (χ0) is 22.5. The number of para-hydroxylation sites is 2. The van der Waals surface area contributed by atoms with Crippen molar-refractivity contribution in [1.82, 2.24) is 5.32 Å². The van der Waals surface area contributed by atoms with E-state index in [-0.39, 0.29) is 31.0 Å². The maximum atomic E-state index is 12.9. The summed E-state index contributed by atoms with van der Waals surface area (Å²) < 4.78 is 10.6. The first kappa shape index (κ1) is 21.6. The average molecular weight is 438 g/mol. The lowest BCUT2D eigenvalue weighted by Crippen LogP contribution is -2.52. The van der Waals surface area contributed by atoms with Crippen LogP contribution in [0.3, 0.4) is 0 Å². The molecule has 2 aliphatic heterocycles. The number of rotatable bonds is 6. The fraction of sp³-hybridized carbons (Fsp3) is 0.348. The van der Waals surface area contributed by atoms with Crippen LogP contribution in [-0.2, 0) is 14.3 Å². The van der Waals surface area contributed by atoms with E-state index in [2.05, 4.69) is 10.6 Å². The molecule has 1 fully saturated rings. The molecule has 0 saturated carbocycles. The molecule has 0 radical (unpaired) electrons. The summed E-state index contributed by atoms with van der Waals surface area (Å²) in [6.07, 6.45) is 1.94. The third-order valence-corrected chi connectivity index (χ3v) is 5.50. The Bertz CT molecular complexity index is 988. The van der Waals surface area contributed by atoms with Gasteiger partial charge in [-0.15, -0.1) is 0 Å². The number of carbonyl (C=O) groups excluding carboxylic acids is 3. The van der Waals surface area contributed by atoms with Gasteiger partial charge in [0.25, 0.3) is 0 Å². The van der Waals surface area contributed by atoms with E-state index < -0.39 is 6.03 Å². The number of nitrogens with one attached hydrogen (secondary N) is 2. The number of anilines is 3. The summed E-state index contributed by atoms with van der Waals surface area (Å²) in [5.74, 6) is 0.0792. The van der Waals surface area contributed by atoms with E-state index in [1.165, 1.54) is 9.80 Å². The number of benzene rings is 2. The number of fused-ring (bicyclic) bond motifs is 1. The highest BCUT2D eigenvalue weighted by atomic mass is 16.5. The molecular weight excluding hydrogens is 412 g/mol. The minimum absolute atomic E-state index is 0.0282. The van der Waals surface area contributed by atoms with E-state index in [0.29, 0.717) is 36.0 Å². The molecule has 9 heteroatoms. The third kappa shape index (κ3) is 4.83. The molecule has 1 saturated heterocycles. The van der Waals surface area contributed by atoms with Crippen LogP contribution in [0.5, 0.6) is 5.75 Å². The van der Waals surface area contributed by atoms with Crippen LogP contribution in [0.2, 0.25) is 0 Å². The maximum Gasteiger partial charge on any atom is 0.326 e. The lowest BCUT2D eigenvalue weighted by atomic mass is 10.1. The van der Waals surface area contributed by atoms with Gasteiger partial charge in [0.15, 0.2) is 0 Å². The summed E-state index contributed by atoms with van der Waals surface area (Å²) in [5, 5.41) is 5.64. The zero-order valence-electron chi connectivity index (χ0n) is 17.9. The highest BCUT2D eigenvalue weighted by molar-refractivity contribution is 6.15. The van der Waals surface area contributed by atoms with Gasteiger partial charge in [0, 0.05) is 18.8 Å². The van der Waals surface area contributed by atoms with Gasteiger partial charge in [-0.25, -0.2) is 4.79 Å². The fourth-order valence-electron chi connectivity index (χ4n) is 3.81. The Morgan fingerprint density at radius 2 is 1.88 bits per heavy atom. The first-order valence-corrected chi connectivity index (χ1v) is 10.6. The number of ether oxygens (including phenoxy) is 2. The van der Waals surface area contributed by atoms with Gasteiger partial charge in [-0.05, 0) is 49.2 Å². The second kappa shape index (κ2) is 9.69. The van der Waals surface area contributed by atoms with Crippen LogP contribution in [0.25, 0.3) is 0 Å². The summed E-state index contributed by atoms with van der Waals surface area (Å²) >= 11 is 0. The molecule has 0 spiro atoms. The van der Waals surface area contributed by atoms with Gasteiger partial charge in [-0.3, -0.25) is 19.4 Å². The monoisotopic (exact) mass is 438 g/mol. The van der Waals surface area contributed by atoms with Crippen LogP contribution in [0, 0.1) is 0 Å². The molecule has 168 valence electrons. The molecule has 0 aliphatic carbocycles. The van der Waals surface area contributed by atoms with Crippen LogP contribution in [0.1, 0.15) is 12.8 Å². The van der Waals surface area contributed by atoms with Gasteiger partial charge < -0.3 is 20.1 Å². The standard InChI is InChI=1S/C23H26N4O5/c1-31-17-10-8-16(9-11-17)25-23(30)27-15-22(29)26(19-6-2-3-7-20(19)27)14-21(28)24-13-18-5-4-12-32-18/h2-3,6-11,18H,4-5,12-15H2,1H3,(H,24,28)(H,25,30). The highest BCUT2D eigenvalue weighted by Crippen LogP contribution is 2.33. The van der Waals surface area contributed by atoms with Crippen molar-refractivity contribution in [1.29, 1.82) is 0 Å². The van der Waals surface area contributed by atoms with Crippen LogP contribution >= 0.6 is 0 Å². The predicted molar refractivity (Wildman–Crippen MR) is 120 cm³/mol. The van der Waals surface area contributed by atoms with E-state index in [1.54, 1.807) is 55.6 Å². The van der Waals surface area contributed by atoms with Gasteiger partial charge in [0.2, 0.25) is 11.8 Å². The molecule has 1 unspecified atom stereocenters. The molecule has 0 aromatic heterocycles. The topological polar surface area (TPSA) is 100 Å². The van der Waals surface area contributed by atoms with E-state index in [4.69, 9.17) is 9.47 Å². The highest BCUT2D eigenvalue weighted by Gasteiger charge is 2.33. The summed E-state index contributed by atoms with van der Waals surface area (Å²) in [7, 11) is 1.57. The smallest absolute Gasteiger partial charge is 0.326 e. The molecule has 4 amide bonds. The van der Waals surface area contributed by atoms with Gasteiger partial charge in [0.1, 0.15) is 18.8 Å². The number of carbonyl (C=O) groups is 3. The number of nitrogens with zero attached hydrogens (tertiary/aromatic N) is 2. The van der Waals surface area contributed by atoms with E-state index in [1.807, 2.05) is 0 Å². The molecule has 2 aromatic rings. The van der Waals surface area contributed by atoms with Crippen molar-refractivity contribution >= 4 is 34.9 Å². The van der Waals surface area contributed by atoms with Gasteiger partial charge >= 0.3 is 6.03 Å². The summed E-state index contributed by atoms with van der Waals surface area (Å²) in [5.41, 5.74) is 1.66. The lowest BCUT2D eigenvalue weighted by Gasteiger charge is -2.35. The van der Waals surface area contributed by atoms with Crippen molar-refractivity contribution in [3.63, 3.8) is 0 Å². The van der Waals surface area contributed by atoms with Crippen molar-refractivity contribution < 1.29 is 23.9 Å². The van der Waals surface area contributed by atoms with Gasteiger partial charge in [-0.1, -0.05) is 12.1 Å².